The fraction of sp³-hybridized carbons (Fsp3) is 0.278. The van der Waals surface area contributed by atoms with Crippen LogP contribution in [0.4, 0.5) is 0 Å². The van der Waals surface area contributed by atoms with E-state index < -0.39 is 0 Å². The molecule has 1 atom stereocenters. The fourth-order valence-corrected chi connectivity index (χ4v) is 4.03. The molecule has 5 heteroatoms. The van der Waals surface area contributed by atoms with Crippen LogP contribution >= 0.6 is 24.2 Å². The number of thioether (sulfide) groups is 1. The second-order valence-corrected chi connectivity index (χ2v) is 6.50. The van der Waals surface area contributed by atoms with Crippen molar-refractivity contribution in [2.75, 3.05) is 18.8 Å². The van der Waals surface area contributed by atoms with Gasteiger partial charge in [-0.05, 0) is 17.2 Å². The number of rotatable bonds is 5. The molecule has 1 amide bonds. The zero-order valence-electron chi connectivity index (χ0n) is 12.9. The normalized spacial score (nSPS) is 15.6. The molecule has 23 heavy (non-hydrogen) atoms. The second-order valence-electron chi connectivity index (χ2n) is 5.44. The number of halogens is 1. The number of nitrogens with two attached hydrogens (primary N) is 1. The highest BCUT2D eigenvalue weighted by Gasteiger charge is 2.31. The zero-order chi connectivity index (χ0) is 15.4. The minimum absolute atomic E-state index is 0. The second kappa shape index (κ2) is 8.39. The van der Waals surface area contributed by atoms with Gasteiger partial charge in [0.25, 0.3) is 0 Å². The predicted molar refractivity (Wildman–Crippen MR) is 98.1 cm³/mol. The first-order valence-electron chi connectivity index (χ1n) is 7.54. The molecule has 0 radical (unpaired) electrons. The van der Waals surface area contributed by atoms with Crippen LogP contribution in [-0.4, -0.2) is 29.6 Å². The maximum Gasteiger partial charge on any atom is 0.231 e. The van der Waals surface area contributed by atoms with E-state index in [0.29, 0.717) is 19.6 Å². The van der Waals surface area contributed by atoms with Crippen molar-refractivity contribution in [3.05, 3.63) is 65.7 Å². The Morgan fingerprint density at radius 1 is 1.13 bits per heavy atom. The highest BCUT2D eigenvalue weighted by Crippen LogP contribution is 2.40. The van der Waals surface area contributed by atoms with E-state index in [-0.39, 0.29) is 24.2 Å². The van der Waals surface area contributed by atoms with Crippen LogP contribution in [0, 0.1) is 0 Å². The van der Waals surface area contributed by atoms with Gasteiger partial charge in [-0.1, -0.05) is 48.5 Å². The van der Waals surface area contributed by atoms with E-state index in [1.807, 2.05) is 47.4 Å². The summed E-state index contributed by atoms with van der Waals surface area (Å²) in [6, 6.07) is 18.3. The summed E-state index contributed by atoms with van der Waals surface area (Å²) in [4.78, 5) is 16.1. The molecule has 2 aromatic carbocycles. The Bertz CT molecular complexity index is 650. The Morgan fingerprint density at radius 3 is 2.57 bits per heavy atom. The Kier molecular flexibility index (Phi) is 6.51. The molecule has 0 bridgehead atoms. The summed E-state index contributed by atoms with van der Waals surface area (Å²) in [7, 11) is 0. The maximum absolute atomic E-state index is 13.0. The molecule has 3 rings (SSSR count). The van der Waals surface area contributed by atoms with E-state index in [4.69, 9.17) is 5.73 Å². The van der Waals surface area contributed by atoms with Crippen LogP contribution in [-0.2, 0) is 11.3 Å². The van der Waals surface area contributed by atoms with Gasteiger partial charge in [0.1, 0.15) is 0 Å². The van der Waals surface area contributed by atoms with E-state index in [1.54, 1.807) is 11.8 Å². The van der Waals surface area contributed by atoms with Crippen molar-refractivity contribution in [3.63, 3.8) is 0 Å². The smallest absolute Gasteiger partial charge is 0.231 e. The number of carbonyl (C=O) groups is 1. The van der Waals surface area contributed by atoms with E-state index in [2.05, 4.69) is 12.1 Å². The van der Waals surface area contributed by atoms with Crippen molar-refractivity contribution >= 4 is 30.1 Å². The van der Waals surface area contributed by atoms with Crippen LogP contribution in [0.25, 0.3) is 0 Å². The van der Waals surface area contributed by atoms with Gasteiger partial charge in [0.15, 0.2) is 0 Å². The standard InChI is InChI=1S/C18H20N2OS.ClH/c19-10-11-20(12-14-6-2-1-3-7-14)18(21)16-13-22-17-9-5-4-8-15(16)17;/h1-9,16H,10-13,19H2;1H. The first-order chi connectivity index (χ1) is 10.8. The van der Waals surface area contributed by atoms with Gasteiger partial charge < -0.3 is 10.6 Å². The summed E-state index contributed by atoms with van der Waals surface area (Å²) in [5.74, 6) is 0.969. The van der Waals surface area contributed by atoms with Crippen LogP contribution in [0.2, 0.25) is 0 Å². The molecule has 2 aromatic rings. The molecule has 0 saturated heterocycles. The zero-order valence-corrected chi connectivity index (χ0v) is 14.5. The van der Waals surface area contributed by atoms with E-state index in [9.17, 15) is 4.79 Å². The number of carbonyl (C=O) groups excluding carboxylic acids is 1. The van der Waals surface area contributed by atoms with Crippen LogP contribution in [0.5, 0.6) is 0 Å². The summed E-state index contributed by atoms with van der Waals surface area (Å²) in [6.45, 7) is 1.71. The minimum Gasteiger partial charge on any atom is -0.337 e. The molecule has 0 spiro atoms. The third-order valence-electron chi connectivity index (χ3n) is 3.92. The monoisotopic (exact) mass is 348 g/mol. The van der Waals surface area contributed by atoms with Gasteiger partial charge in [-0.25, -0.2) is 0 Å². The number of hydrogen-bond donors (Lipinski definition) is 1. The van der Waals surface area contributed by atoms with E-state index in [0.717, 1.165) is 16.9 Å². The van der Waals surface area contributed by atoms with Gasteiger partial charge >= 0.3 is 0 Å². The molecule has 0 aromatic heterocycles. The Hall–Kier alpha value is -1.49. The van der Waals surface area contributed by atoms with Gasteiger partial charge in [-0.2, -0.15) is 0 Å². The van der Waals surface area contributed by atoms with Crippen LogP contribution < -0.4 is 5.73 Å². The predicted octanol–water partition coefficient (Wildman–Crippen LogP) is 3.29. The molecule has 3 nitrogen and oxygen atoms in total. The fourth-order valence-electron chi connectivity index (χ4n) is 2.81. The first-order valence-corrected chi connectivity index (χ1v) is 8.52. The lowest BCUT2D eigenvalue weighted by atomic mass is 9.99. The number of amides is 1. The molecule has 0 fully saturated rings. The van der Waals surface area contributed by atoms with Crippen molar-refractivity contribution in [1.29, 1.82) is 0 Å². The van der Waals surface area contributed by atoms with Crippen LogP contribution in [0.3, 0.4) is 0 Å². The van der Waals surface area contributed by atoms with Crippen molar-refractivity contribution in [3.8, 4) is 0 Å². The Balaban J connectivity index is 0.00000192. The summed E-state index contributed by atoms with van der Waals surface area (Å²) >= 11 is 1.77. The number of nitrogens with zero attached hydrogens (tertiary/aromatic N) is 1. The van der Waals surface area contributed by atoms with Gasteiger partial charge in [0.05, 0.1) is 5.92 Å². The average molecular weight is 349 g/mol. The Labute approximate surface area is 147 Å². The topological polar surface area (TPSA) is 46.3 Å². The van der Waals surface area contributed by atoms with E-state index >= 15 is 0 Å². The molecule has 1 heterocycles. The van der Waals surface area contributed by atoms with Crippen LogP contribution in [0.15, 0.2) is 59.5 Å². The molecule has 1 unspecified atom stereocenters. The summed E-state index contributed by atoms with van der Waals surface area (Å²) < 4.78 is 0. The largest absolute Gasteiger partial charge is 0.337 e. The minimum atomic E-state index is -0.0449. The molecule has 0 aliphatic carbocycles. The van der Waals surface area contributed by atoms with Crippen molar-refractivity contribution in [2.45, 2.75) is 17.4 Å². The summed E-state index contributed by atoms with van der Waals surface area (Å²) in [5, 5.41) is 0. The van der Waals surface area contributed by atoms with Gasteiger partial charge in [-0.15, -0.1) is 24.2 Å². The third-order valence-corrected chi connectivity index (χ3v) is 5.11. The number of hydrogen-bond acceptors (Lipinski definition) is 3. The maximum atomic E-state index is 13.0. The molecule has 1 aliphatic rings. The Morgan fingerprint density at radius 2 is 1.83 bits per heavy atom. The first kappa shape index (κ1) is 17.9. The van der Waals surface area contributed by atoms with Gasteiger partial charge in [-0.3, -0.25) is 4.79 Å². The number of benzene rings is 2. The summed E-state index contributed by atoms with van der Waals surface area (Å²) in [5.41, 5.74) is 8.02. The van der Waals surface area contributed by atoms with Gasteiger partial charge in [0.2, 0.25) is 5.91 Å². The molecule has 2 N–H and O–H groups in total. The molecule has 0 saturated carbocycles. The average Bonchev–Trinajstić information content (AvgIpc) is 2.99. The van der Waals surface area contributed by atoms with Crippen molar-refractivity contribution in [2.24, 2.45) is 5.73 Å². The third kappa shape index (κ3) is 4.08. The molecule has 1 aliphatic heterocycles. The lowest BCUT2D eigenvalue weighted by Crippen LogP contribution is -2.38. The van der Waals surface area contributed by atoms with Crippen molar-refractivity contribution in [1.82, 2.24) is 4.90 Å². The highest BCUT2D eigenvalue weighted by molar-refractivity contribution is 7.99. The highest BCUT2D eigenvalue weighted by atomic mass is 35.5. The van der Waals surface area contributed by atoms with E-state index in [1.165, 1.54) is 4.90 Å². The lowest BCUT2D eigenvalue weighted by Gasteiger charge is -2.25. The van der Waals surface area contributed by atoms with Crippen molar-refractivity contribution < 1.29 is 4.79 Å². The van der Waals surface area contributed by atoms with Gasteiger partial charge in [0, 0.05) is 30.3 Å². The molecule has 122 valence electrons. The summed E-state index contributed by atoms with van der Waals surface area (Å²) in [6.07, 6.45) is 0. The number of fused-ring (bicyclic) bond motifs is 1. The van der Waals surface area contributed by atoms with Crippen LogP contribution in [0.1, 0.15) is 17.0 Å². The molecular weight excluding hydrogens is 328 g/mol. The lowest BCUT2D eigenvalue weighted by molar-refractivity contribution is -0.132. The molecular formula is C18H21ClN2OS. The SMILES string of the molecule is Cl.NCCN(Cc1ccccc1)C(=O)C1CSc2ccccc21. The quantitative estimate of drug-likeness (QED) is 0.901.